The number of hydrogen-bond donors (Lipinski definition) is 1. The van der Waals surface area contributed by atoms with Crippen molar-refractivity contribution in [3.05, 3.63) is 29.8 Å². The van der Waals surface area contributed by atoms with Gasteiger partial charge >= 0.3 is 0 Å². The van der Waals surface area contributed by atoms with Gasteiger partial charge in [0, 0.05) is 12.5 Å². The van der Waals surface area contributed by atoms with E-state index in [4.69, 9.17) is 4.74 Å². The van der Waals surface area contributed by atoms with Crippen LogP contribution >= 0.6 is 0 Å². The lowest BCUT2D eigenvalue weighted by Gasteiger charge is -2.30. The summed E-state index contributed by atoms with van der Waals surface area (Å²) in [4.78, 5) is 0. The Morgan fingerprint density at radius 1 is 1.32 bits per heavy atom. The first-order valence-electron chi connectivity index (χ1n) is 7.42. The Bertz CT molecular complexity index is 383. The fourth-order valence-corrected chi connectivity index (χ4v) is 2.97. The van der Waals surface area contributed by atoms with Crippen LogP contribution in [-0.4, -0.2) is 19.2 Å². The molecule has 1 aliphatic rings. The van der Waals surface area contributed by atoms with Crippen LogP contribution in [0.25, 0.3) is 0 Å². The molecule has 2 rings (SSSR count). The number of hydrogen-bond acceptors (Lipinski definition) is 2. The van der Waals surface area contributed by atoms with Gasteiger partial charge in [0.1, 0.15) is 11.9 Å². The zero-order valence-corrected chi connectivity index (χ0v) is 12.7. The van der Waals surface area contributed by atoms with Gasteiger partial charge in [-0.15, -0.1) is 0 Å². The molecule has 0 saturated heterocycles. The van der Waals surface area contributed by atoms with Gasteiger partial charge in [0.05, 0.1) is 0 Å². The summed E-state index contributed by atoms with van der Waals surface area (Å²) in [7, 11) is 2.07. The summed E-state index contributed by atoms with van der Waals surface area (Å²) in [5.74, 6) is 1.09. The highest BCUT2D eigenvalue weighted by Gasteiger charge is 2.25. The van der Waals surface area contributed by atoms with Crippen LogP contribution in [0.15, 0.2) is 24.3 Å². The topological polar surface area (TPSA) is 21.3 Å². The molecule has 1 aromatic rings. The van der Waals surface area contributed by atoms with E-state index < -0.39 is 0 Å². The van der Waals surface area contributed by atoms with E-state index in [9.17, 15) is 0 Å². The molecule has 2 heteroatoms. The predicted molar refractivity (Wildman–Crippen MR) is 80.7 cm³/mol. The Morgan fingerprint density at radius 3 is 2.68 bits per heavy atom. The Balaban J connectivity index is 1.76. The zero-order chi connectivity index (χ0) is 13.9. The molecule has 0 aliphatic carbocycles. The van der Waals surface area contributed by atoms with Crippen LogP contribution < -0.4 is 10.1 Å². The summed E-state index contributed by atoms with van der Waals surface area (Å²) >= 11 is 0. The third-order valence-electron chi connectivity index (χ3n) is 4.13. The van der Waals surface area contributed by atoms with E-state index in [1.54, 1.807) is 0 Å². The third-order valence-corrected chi connectivity index (χ3v) is 4.13. The first-order valence-corrected chi connectivity index (χ1v) is 7.42. The Hall–Kier alpha value is -1.02. The van der Waals surface area contributed by atoms with Gasteiger partial charge in [-0.25, -0.2) is 0 Å². The molecule has 2 nitrogen and oxygen atoms in total. The normalized spacial score (nSPS) is 19.9. The van der Waals surface area contributed by atoms with Crippen molar-refractivity contribution < 1.29 is 4.74 Å². The molecule has 0 saturated carbocycles. The summed E-state index contributed by atoms with van der Waals surface area (Å²) in [5.41, 5.74) is 1.70. The van der Waals surface area contributed by atoms with Gasteiger partial charge in [0.15, 0.2) is 0 Å². The lowest BCUT2D eigenvalue weighted by Crippen LogP contribution is -2.38. The van der Waals surface area contributed by atoms with Crippen LogP contribution in [0, 0.1) is 5.41 Å². The molecule has 1 heterocycles. The molecule has 106 valence electrons. The van der Waals surface area contributed by atoms with E-state index in [1.165, 1.54) is 18.4 Å². The summed E-state index contributed by atoms with van der Waals surface area (Å²) in [5, 5.41) is 3.44. The lowest BCUT2D eigenvalue weighted by molar-refractivity contribution is 0.203. The molecule has 19 heavy (non-hydrogen) atoms. The van der Waals surface area contributed by atoms with Gasteiger partial charge in [-0.1, -0.05) is 39.0 Å². The largest absolute Gasteiger partial charge is 0.490 e. The number of nitrogens with one attached hydrogen (secondary N) is 1. The minimum atomic E-state index is 0.328. The summed E-state index contributed by atoms with van der Waals surface area (Å²) in [6.07, 6.45) is 5.06. The Morgan fingerprint density at radius 2 is 2.05 bits per heavy atom. The maximum atomic E-state index is 5.99. The smallest absolute Gasteiger partial charge is 0.123 e. The molecule has 1 N–H and O–H groups in total. The quantitative estimate of drug-likeness (QED) is 0.870. The van der Waals surface area contributed by atoms with Crippen molar-refractivity contribution in [3.8, 4) is 5.75 Å². The van der Waals surface area contributed by atoms with Crippen molar-refractivity contribution in [3.63, 3.8) is 0 Å². The maximum Gasteiger partial charge on any atom is 0.123 e. The second kappa shape index (κ2) is 5.96. The molecular formula is C17H27NO. The molecule has 0 spiro atoms. The van der Waals surface area contributed by atoms with Crippen LogP contribution in [0.5, 0.6) is 5.75 Å². The molecule has 0 aromatic heterocycles. The first kappa shape index (κ1) is 14.4. The number of fused-ring (bicyclic) bond motifs is 1. The number of benzene rings is 1. The van der Waals surface area contributed by atoms with Crippen molar-refractivity contribution in [1.29, 1.82) is 0 Å². The van der Waals surface area contributed by atoms with Crippen molar-refractivity contribution in [2.75, 3.05) is 7.05 Å². The van der Waals surface area contributed by atoms with E-state index >= 15 is 0 Å². The molecule has 2 unspecified atom stereocenters. The van der Waals surface area contributed by atoms with E-state index in [0.29, 0.717) is 17.6 Å². The third kappa shape index (κ3) is 3.73. The lowest BCUT2D eigenvalue weighted by atomic mass is 9.83. The monoisotopic (exact) mass is 261 g/mol. The Kier molecular flexibility index (Phi) is 4.51. The van der Waals surface area contributed by atoms with Gasteiger partial charge in [-0.05, 0) is 43.4 Å². The number of rotatable bonds is 5. The SMILES string of the molecule is CNC(CCCC1Cc2ccccc2O1)C(C)(C)C. The molecular weight excluding hydrogens is 234 g/mol. The summed E-state index contributed by atoms with van der Waals surface area (Å²) < 4.78 is 5.99. The predicted octanol–water partition coefficient (Wildman–Crippen LogP) is 3.79. The average molecular weight is 261 g/mol. The van der Waals surface area contributed by atoms with Gasteiger partial charge in [-0.2, -0.15) is 0 Å². The van der Waals surface area contributed by atoms with Crippen molar-refractivity contribution in [2.45, 2.75) is 58.6 Å². The highest BCUT2D eigenvalue weighted by atomic mass is 16.5. The number of para-hydroxylation sites is 1. The minimum Gasteiger partial charge on any atom is -0.490 e. The van der Waals surface area contributed by atoms with Crippen LogP contribution in [0.4, 0.5) is 0 Å². The van der Waals surface area contributed by atoms with Gasteiger partial charge in [0.25, 0.3) is 0 Å². The molecule has 1 aliphatic heterocycles. The Labute approximate surface area is 117 Å². The summed E-state index contributed by atoms with van der Waals surface area (Å²) in [6, 6.07) is 9.00. The fourth-order valence-electron chi connectivity index (χ4n) is 2.97. The molecule has 1 aromatic carbocycles. The van der Waals surface area contributed by atoms with Crippen molar-refractivity contribution >= 4 is 0 Å². The van der Waals surface area contributed by atoms with E-state index in [-0.39, 0.29) is 0 Å². The van der Waals surface area contributed by atoms with Crippen LogP contribution in [0.2, 0.25) is 0 Å². The van der Waals surface area contributed by atoms with E-state index in [2.05, 4.69) is 57.4 Å². The zero-order valence-electron chi connectivity index (χ0n) is 12.7. The molecule has 0 amide bonds. The number of ether oxygens (including phenoxy) is 1. The second-order valence-corrected chi connectivity index (χ2v) is 6.69. The average Bonchev–Trinajstić information content (AvgIpc) is 2.75. The first-order chi connectivity index (χ1) is 9.00. The highest BCUT2D eigenvalue weighted by molar-refractivity contribution is 5.37. The van der Waals surface area contributed by atoms with Crippen LogP contribution in [-0.2, 0) is 6.42 Å². The standard InChI is InChI=1S/C17H27NO/c1-17(2,3)16(18-4)11-7-9-14-12-13-8-5-6-10-15(13)19-14/h5-6,8,10,14,16,18H,7,9,11-12H2,1-4H3. The molecule has 2 atom stereocenters. The van der Waals surface area contributed by atoms with Crippen molar-refractivity contribution in [1.82, 2.24) is 5.32 Å². The molecule has 0 bridgehead atoms. The van der Waals surface area contributed by atoms with Gasteiger partial charge in [0.2, 0.25) is 0 Å². The second-order valence-electron chi connectivity index (χ2n) is 6.69. The maximum absolute atomic E-state index is 5.99. The molecule has 0 radical (unpaired) electrons. The van der Waals surface area contributed by atoms with Crippen molar-refractivity contribution in [2.24, 2.45) is 5.41 Å². The fraction of sp³-hybridized carbons (Fsp3) is 0.647. The van der Waals surface area contributed by atoms with Gasteiger partial charge < -0.3 is 10.1 Å². The molecule has 0 fully saturated rings. The summed E-state index contributed by atoms with van der Waals surface area (Å²) in [6.45, 7) is 6.91. The highest BCUT2D eigenvalue weighted by Crippen LogP contribution is 2.31. The van der Waals surface area contributed by atoms with E-state index in [0.717, 1.165) is 18.6 Å². The van der Waals surface area contributed by atoms with Crippen LogP contribution in [0.3, 0.4) is 0 Å². The van der Waals surface area contributed by atoms with Gasteiger partial charge in [-0.3, -0.25) is 0 Å². The van der Waals surface area contributed by atoms with E-state index in [1.807, 2.05) is 0 Å². The minimum absolute atomic E-state index is 0.328. The van der Waals surface area contributed by atoms with Crippen LogP contribution in [0.1, 0.15) is 45.6 Å².